The molecule has 0 radical (unpaired) electrons. The third kappa shape index (κ3) is 3.45. The van der Waals surface area contributed by atoms with Crippen molar-refractivity contribution in [3.05, 3.63) is 57.2 Å². The van der Waals surface area contributed by atoms with E-state index in [0.717, 1.165) is 0 Å². The van der Waals surface area contributed by atoms with Crippen LogP contribution in [0.1, 0.15) is 0 Å². The van der Waals surface area contributed by atoms with Crippen molar-refractivity contribution in [2.45, 2.75) is 0 Å². The molecule has 2 rings (SSSR count). The zero-order valence-corrected chi connectivity index (χ0v) is 12.2. The number of hydrogen-bond acceptors (Lipinski definition) is 3. The molecule has 0 aliphatic rings. The van der Waals surface area contributed by atoms with Crippen LogP contribution in [0.2, 0.25) is 0 Å². The Balaban J connectivity index is 0.00000144. The Labute approximate surface area is 121 Å². The maximum Gasteiger partial charge on any atom is 0.192 e. The van der Waals surface area contributed by atoms with Gasteiger partial charge in [-0.05, 0) is 11.8 Å². The van der Waals surface area contributed by atoms with Crippen molar-refractivity contribution in [2.24, 2.45) is 0 Å². The van der Waals surface area contributed by atoms with E-state index < -0.39 is 4.92 Å². The zero-order chi connectivity index (χ0) is 11.5. The van der Waals surface area contributed by atoms with E-state index >= 15 is 0 Å². The molecule has 0 amide bonds. The van der Waals surface area contributed by atoms with Crippen LogP contribution in [0.5, 0.6) is 0 Å². The van der Waals surface area contributed by atoms with Crippen molar-refractivity contribution in [1.82, 2.24) is 4.98 Å². The number of nitrogens with zero attached hydrogens (tertiary/aromatic N) is 2. The van der Waals surface area contributed by atoms with E-state index in [2.05, 4.69) is 27.0 Å². The van der Waals surface area contributed by atoms with Gasteiger partial charge in [0, 0.05) is 32.2 Å². The topological polar surface area (TPSA) is 56.0 Å². The van der Waals surface area contributed by atoms with Crippen molar-refractivity contribution in [1.29, 1.82) is 0 Å². The second-order valence-electron chi connectivity index (χ2n) is 3.07. The fourth-order valence-electron chi connectivity index (χ4n) is 1.28. The Morgan fingerprint density at radius 2 is 2.12 bits per heavy atom. The second kappa shape index (κ2) is 6.03. The summed E-state index contributed by atoms with van der Waals surface area (Å²) in [6.07, 6.45) is 1.63. The number of aromatic nitrogens is 1. The molecule has 0 unspecified atom stereocenters. The number of halogens is 1. The molecule has 6 heteroatoms. The van der Waals surface area contributed by atoms with Crippen LogP contribution < -0.4 is 0 Å². The monoisotopic (exact) mass is 472 g/mol. The average Bonchev–Trinajstić information content (AvgIpc) is 2.29. The molecule has 0 aliphatic heterocycles. The van der Waals surface area contributed by atoms with Crippen LogP contribution in [0.15, 0.2) is 41.0 Å². The fraction of sp³-hybridized carbons (Fsp3) is 0. The first-order valence-corrected chi connectivity index (χ1v) is 5.25. The van der Waals surface area contributed by atoms with Gasteiger partial charge in [-0.3, -0.25) is 10.1 Å². The first-order valence-electron chi connectivity index (χ1n) is 4.45. The number of nitro benzene ring substituents is 1. The average molecular weight is 473 g/mol. The van der Waals surface area contributed by atoms with Gasteiger partial charge < -0.3 is 4.98 Å². The van der Waals surface area contributed by atoms with Gasteiger partial charge in [-0.2, -0.15) is 0 Å². The van der Waals surface area contributed by atoms with Crippen LogP contribution >= 0.6 is 15.9 Å². The van der Waals surface area contributed by atoms with Crippen molar-refractivity contribution in [2.75, 3.05) is 0 Å². The van der Waals surface area contributed by atoms with Crippen LogP contribution in [0.3, 0.4) is 0 Å². The van der Waals surface area contributed by atoms with E-state index in [0.29, 0.717) is 15.7 Å². The van der Waals surface area contributed by atoms with Gasteiger partial charge in [-0.1, -0.05) is 44.7 Å². The zero-order valence-electron chi connectivity index (χ0n) is 8.37. The number of rotatable bonds is 2. The normalized spacial score (nSPS) is 9.47. The minimum atomic E-state index is -0.475. The minimum Gasteiger partial charge on any atom is -0.305 e. The number of benzene rings is 1. The van der Waals surface area contributed by atoms with Crippen molar-refractivity contribution in [3.63, 3.8) is 0 Å². The molecule has 0 aliphatic carbocycles. The van der Waals surface area contributed by atoms with Gasteiger partial charge in [0.05, 0.1) is 0 Å². The van der Waals surface area contributed by atoms with Gasteiger partial charge >= 0.3 is 0 Å². The summed E-state index contributed by atoms with van der Waals surface area (Å²) in [6, 6.07) is 11.3. The number of non-ortho nitro benzene ring substituents is 1. The smallest absolute Gasteiger partial charge is 0.192 e. The Kier molecular flexibility index (Phi) is 4.97. The Morgan fingerprint density at radius 3 is 2.71 bits per heavy atom. The van der Waals surface area contributed by atoms with Gasteiger partial charge in [0.1, 0.15) is 0 Å². The molecule has 1 aromatic heterocycles. The maximum absolute atomic E-state index is 10.7. The molecule has 0 N–H and O–H groups in total. The summed E-state index contributed by atoms with van der Waals surface area (Å²) >= 11 is 3.23. The number of pyridine rings is 1. The summed E-state index contributed by atoms with van der Waals surface area (Å²) in [4.78, 5) is 14.3. The third-order valence-electron chi connectivity index (χ3n) is 1.96. The van der Waals surface area contributed by atoms with Gasteiger partial charge in [0.25, 0.3) is 0 Å². The first kappa shape index (κ1) is 14.0. The van der Waals surface area contributed by atoms with Gasteiger partial charge in [0.2, 0.25) is 0 Å². The summed E-state index contributed by atoms with van der Waals surface area (Å²) in [5.41, 5.74) is 1.18. The van der Waals surface area contributed by atoms with Crippen LogP contribution in [0.4, 0.5) is 5.69 Å². The van der Waals surface area contributed by atoms with Crippen LogP contribution in [0.25, 0.3) is 11.3 Å². The largest absolute Gasteiger partial charge is 0.305 e. The standard InChI is InChI=1S/C11H6BrN2O2.Pt/c12-9-5-8(6-10(7-9)14(15)16)11-3-1-2-4-13-11;/h1-5,7H;/q-1;. The SMILES string of the molecule is O=[N+]([O-])c1[c-]c(-c2ccccn2)cc(Br)c1.[Pt]. The van der Waals surface area contributed by atoms with E-state index in [1.165, 1.54) is 6.07 Å². The molecule has 0 saturated carbocycles. The first-order chi connectivity index (χ1) is 7.66. The summed E-state index contributed by atoms with van der Waals surface area (Å²) in [5.74, 6) is 0. The van der Waals surface area contributed by atoms with Gasteiger partial charge in [0.15, 0.2) is 5.69 Å². The Bertz CT molecular complexity index is 534. The summed E-state index contributed by atoms with van der Waals surface area (Å²) in [7, 11) is 0. The molecule has 90 valence electrons. The molecular formula is C11H6BrN2O2Pt-. The predicted octanol–water partition coefficient (Wildman–Crippen LogP) is 3.22. The van der Waals surface area contributed by atoms with E-state index in [4.69, 9.17) is 0 Å². The molecule has 2 aromatic rings. The van der Waals surface area contributed by atoms with Crippen molar-refractivity contribution in [3.8, 4) is 11.3 Å². The molecule has 0 fully saturated rings. The molecule has 0 atom stereocenters. The number of nitro groups is 1. The molecular weight excluding hydrogens is 467 g/mol. The molecule has 0 bridgehead atoms. The van der Waals surface area contributed by atoms with E-state index in [1.807, 2.05) is 6.07 Å². The van der Waals surface area contributed by atoms with E-state index in [9.17, 15) is 10.1 Å². The molecule has 0 spiro atoms. The number of hydrogen-bond donors (Lipinski definition) is 0. The van der Waals surface area contributed by atoms with Crippen molar-refractivity contribution >= 4 is 21.6 Å². The summed E-state index contributed by atoms with van der Waals surface area (Å²) in [5, 5.41) is 10.7. The molecule has 1 heterocycles. The molecule has 0 saturated heterocycles. The molecule has 17 heavy (non-hydrogen) atoms. The molecule has 4 nitrogen and oxygen atoms in total. The van der Waals surface area contributed by atoms with Gasteiger partial charge in [-0.15, -0.1) is 11.6 Å². The summed E-state index contributed by atoms with van der Waals surface area (Å²) < 4.78 is 0.638. The maximum atomic E-state index is 10.7. The van der Waals surface area contributed by atoms with Crippen LogP contribution in [0, 0.1) is 16.2 Å². The fourth-order valence-corrected chi connectivity index (χ4v) is 1.72. The Hall–Kier alpha value is -1.06. The van der Waals surface area contributed by atoms with Crippen LogP contribution in [-0.4, -0.2) is 9.91 Å². The minimum absolute atomic E-state index is 0. The van der Waals surface area contributed by atoms with E-state index in [-0.39, 0.29) is 26.8 Å². The third-order valence-corrected chi connectivity index (χ3v) is 2.41. The molecule has 1 aromatic carbocycles. The second-order valence-corrected chi connectivity index (χ2v) is 3.99. The van der Waals surface area contributed by atoms with Crippen molar-refractivity contribution < 1.29 is 26.0 Å². The summed E-state index contributed by atoms with van der Waals surface area (Å²) in [6.45, 7) is 0. The quantitative estimate of drug-likeness (QED) is 0.383. The Morgan fingerprint density at radius 1 is 1.35 bits per heavy atom. The predicted molar refractivity (Wildman–Crippen MR) is 62.9 cm³/mol. The van der Waals surface area contributed by atoms with Crippen LogP contribution in [-0.2, 0) is 21.1 Å². The van der Waals surface area contributed by atoms with E-state index in [1.54, 1.807) is 24.4 Å². The van der Waals surface area contributed by atoms with Gasteiger partial charge in [-0.25, -0.2) is 0 Å².